The van der Waals surface area contributed by atoms with Gasteiger partial charge in [0, 0.05) is 8.95 Å². The molecule has 0 fully saturated rings. The van der Waals surface area contributed by atoms with Crippen LogP contribution in [0.5, 0.6) is 0 Å². The second-order valence-corrected chi connectivity index (χ2v) is 5.25. The van der Waals surface area contributed by atoms with E-state index in [2.05, 4.69) is 37.2 Å². The van der Waals surface area contributed by atoms with E-state index in [-0.39, 0.29) is 5.82 Å². The summed E-state index contributed by atoms with van der Waals surface area (Å²) in [5, 5.41) is 3.14. The molecule has 0 aliphatic heterocycles. The molecule has 0 unspecified atom stereocenters. The Kier molecular flexibility index (Phi) is 3.69. The van der Waals surface area contributed by atoms with Gasteiger partial charge in [0.2, 0.25) is 0 Å². The van der Waals surface area contributed by atoms with Crippen molar-refractivity contribution in [1.82, 2.24) is 0 Å². The summed E-state index contributed by atoms with van der Waals surface area (Å²) in [5.74, 6) is -0.287. The van der Waals surface area contributed by atoms with Crippen molar-refractivity contribution in [2.24, 2.45) is 0 Å². The van der Waals surface area contributed by atoms with Crippen LogP contribution in [0, 0.1) is 5.82 Å². The third kappa shape index (κ3) is 2.98. The van der Waals surface area contributed by atoms with E-state index in [0.29, 0.717) is 10.2 Å². The molecule has 3 N–H and O–H groups in total. The molecule has 0 aliphatic rings. The molecule has 2 nitrogen and oxygen atoms in total. The fraction of sp³-hybridized carbons (Fsp3) is 0. The van der Waals surface area contributed by atoms with Crippen LogP contribution in [0.3, 0.4) is 0 Å². The summed E-state index contributed by atoms with van der Waals surface area (Å²) in [4.78, 5) is 0. The van der Waals surface area contributed by atoms with Crippen molar-refractivity contribution in [3.8, 4) is 0 Å². The highest BCUT2D eigenvalue weighted by Gasteiger charge is 2.04. The minimum Gasteiger partial charge on any atom is -0.397 e. The molecule has 88 valence electrons. The Hall–Kier alpha value is -1.07. The number of halogens is 3. The largest absolute Gasteiger partial charge is 0.397 e. The van der Waals surface area contributed by atoms with Gasteiger partial charge in [0.15, 0.2) is 0 Å². The summed E-state index contributed by atoms with van der Waals surface area (Å²) in [6, 6.07) is 9.97. The zero-order valence-electron chi connectivity index (χ0n) is 8.68. The minimum atomic E-state index is -0.287. The third-order valence-electron chi connectivity index (χ3n) is 2.22. The molecular weight excluding hydrogens is 351 g/mol. The molecule has 0 bridgehead atoms. The van der Waals surface area contributed by atoms with Gasteiger partial charge in [-0.3, -0.25) is 0 Å². The monoisotopic (exact) mass is 358 g/mol. The van der Waals surface area contributed by atoms with Gasteiger partial charge in [-0.1, -0.05) is 15.9 Å². The number of nitrogens with two attached hydrogens (primary N) is 1. The van der Waals surface area contributed by atoms with E-state index in [9.17, 15) is 4.39 Å². The first kappa shape index (κ1) is 12.4. The van der Waals surface area contributed by atoms with E-state index in [1.165, 1.54) is 12.1 Å². The Bertz CT molecular complexity index is 558. The fourth-order valence-corrected chi connectivity index (χ4v) is 2.18. The molecule has 0 saturated carbocycles. The lowest BCUT2D eigenvalue weighted by Gasteiger charge is -2.11. The number of hydrogen-bond donors (Lipinski definition) is 2. The quantitative estimate of drug-likeness (QED) is 0.764. The van der Waals surface area contributed by atoms with Gasteiger partial charge in [-0.15, -0.1) is 0 Å². The van der Waals surface area contributed by atoms with Gasteiger partial charge in [-0.2, -0.15) is 0 Å². The standard InChI is InChI=1S/C12H9Br2FN2/c13-7-1-3-10(16)12(5-7)17-11-4-2-8(15)6-9(11)14/h1-6,17H,16H2. The van der Waals surface area contributed by atoms with Gasteiger partial charge in [0.25, 0.3) is 0 Å². The van der Waals surface area contributed by atoms with E-state index >= 15 is 0 Å². The molecule has 0 saturated heterocycles. The highest BCUT2D eigenvalue weighted by molar-refractivity contribution is 9.10. The molecule has 2 aromatic carbocycles. The normalized spacial score (nSPS) is 10.3. The van der Waals surface area contributed by atoms with Crippen molar-refractivity contribution in [1.29, 1.82) is 0 Å². The van der Waals surface area contributed by atoms with Crippen LogP contribution in [0.1, 0.15) is 0 Å². The zero-order chi connectivity index (χ0) is 12.4. The summed E-state index contributed by atoms with van der Waals surface area (Å²) in [6.07, 6.45) is 0. The number of rotatable bonds is 2. The summed E-state index contributed by atoms with van der Waals surface area (Å²) in [5.41, 5.74) is 8.00. The predicted octanol–water partition coefficient (Wildman–Crippen LogP) is 4.68. The number of nitrogens with one attached hydrogen (secondary N) is 1. The van der Waals surface area contributed by atoms with Crippen LogP contribution in [-0.2, 0) is 0 Å². The Morgan fingerprint density at radius 3 is 2.47 bits per heavy atom. The highest BCUT2D eigenvalue weighted by Crippen LogP contribution is 2.30. The molecule has 0 spiro atoms. The average Bonchev–Trinajstić information content (AvgIpc) is 2.27. The van der Waals surface area contributed by atoms with Crippen LogP contribution >= 0.6 is 31.9 Å². The van der Waals surface area contributed by atoms with Crippen molar-refractivity contribution < 1.29 is 4.39 Å². The number of nitrogen functional groups attached to an aromatic ring is 1. The maximum atomic E-state index is 12.9. The first-order chi connectivity index (χ1) is 8.06. The first-order valence-corrected chi connectivity index (χ1v) is 6.42. The summed E-state index contributed by atoms with van der Waals surface area (Å²) >= 11 is 6.67. The second-order valence-electron chi connectivity index (χ2n) is 3.48. The Morgan fingerprint density at radius 1 is 1.00 bits per heavy atom. The van der Waals surface area contributed by atoms with Gasteiger partial charge in [-0.05, 0) is 52.3 Å². The van der Waals surface area contributed by atoms with E-state index in [1.807, 2.05) is 12.1 Å². The maximum absolute atomic E-state index is 12.9. The van der Waals surface area contributed by atoms with Crippen LogP contribution in [0.25, 0.3) is 0 Å². The number of benzene rings is 2. The third-order valence-corrected chi connectivity index (χ3v) is 3.37. The predicted molar refractivity (Wildman–Crippen MR) is 75.9 cm³/mol. The van der Waals surface area contributed by atoms with Gasteiger partial charge >= 0.3 is 0 Å². The lowest BCUT2D eigenvalue weighted by molar-refractivity contribution is 0.627. The van der Waals surface area contributed by atoms with Crippen LogP contribution in [0.2, 0.25) is 0 Å². The van der Waals surface area contributed by atoms with Crippen molar-refractivity contribution in [2.45, 2.75) is 0 Å². The van der Waals surface area contributed by atoms with Crippen LogP contribution in [0.4, 0.5) is 21.5 Å². The topological polar surface area (TPSA) is 38.0 Å². The molecule has 0 heterocycles. The van der Waals surface area contributed by atoms with E-state index in [4.69, 9.17) is 5.73 Å². The van der Waals surface area contributed by atoms with Gasteiger partial charge in [0.05, 0.1) is 17.1 Å². The van der Waals surface area contributed by atoms with Crippen LogP contribution < -0.4 is 11.1 Å². The Morgan fingerprint density at radius 2 is 1.76 bits per heavy atom. The molecule has 0 aliphatic carbocycles. The van der Waals surface area contributed by atoms with Crippen molar-refractivity contribution >= 4 is 48.9 Å². The Balaban J connectivity index is 2.34. The first-order valence-electron chi connectivity index (χ1n) is 4.83. The molecule has 0 radical (unpaired) electrons. The SMILES string of the molecule is Nc1ccc(Br)cc1Nc1ccc(F)cc1Br. The lowest BCUT2D eigenvalue weighted by atomic mass is 10.2. The van der Waals surface area contributed by atoms with Crippen molar-refractivity contribution in [2.75, 3.05) is 11.1 Å². The van der Waals surface area contributed by atoms with Crippen molar-refractivity contribution in [3.63, 3.8) is 0 Å². The van der Waals surface area contributed by atoms with Crippen LogP contribution in [-0.4, -0.2) is 0 Å². The molecule has 0 aromatic heterocycles. The highest BCUT2D eigenvalue weighted by atomic mass is 79.9. The summed E-state index contributed by atoms with van der Waals surface area (Å²) < 4.78 is 14.5. The Labute approximate surface area is 115 Å². The molecule has 0 amide bonds. The summed E-state index contributed by atoms with van der Waals surface area (Å²) in [6.45, 7) is 0. The maximum Gasteiger partial charge on any atom is 0.124 e. The van der Waals surface area contributed by atoms with E-state index in [0.717, 1.165) is 15.8 Å². The van der Waals surface area contributed by atoms with E-state index < -0.39 is 0 Å². The molecular formula is C12H9Br2FN2. The molecule has 5 heteroatoms. The molecule has 2 rings (SSSR count). The molecule has 17 heavy (non-hydrogen) atoms. The van der Waals surface area contributed by atoms with E-state index in [1.54, 1.807) is 12.1 Å². The minimum absolute atomic E-state index is 0.287. The summed E-state index contributed by atoms with van der Waals surface area (Å²) in [7, 11) is 0. The number of hydrogen-bond acceptors (Lipinski definition) is 2. The number of anilines is 3. The average molecular weight is 360 g/mol. The second kappa shape index (κ2) is 5.06. The van der Waals surface area contributed by atoms with Crippen molar-refractivity contribution in [3.05, 3.63) is 51.2 Å². The molecule has 0 atom stereocenters. The smallest absolute Gasteiger partial charge is 0.124 e. The molecule has 2 aromatic rings. The van der Waals surface area contributed by atoms with Gasteiger partial charge < -0.3 is 11.1 Å². The van der Waals surface area contributed by atoms with Gasteiger partial charge in [-0.25, -0.2) is 4.39 Å². The lowest BCUT2D eigenvalue weighted by Crippen LogP contribution is -1.97. The fourth-order valence-electron chi connectivity index (χ4n) is 1.37. The zero-order valence-corrected chi connectivity index (χ0v) is 11.8. The van der Waals surface area contributed by atoms with Gasteiger partial charge in [0.1, 0.15) is 5.82 Å². The van der Waals surface area contributed by atoms with Crippen LogP contribution in [0.15, 0.2) is 45.3 Å².